The number of aryl methyl sites for hydroxylation is 1. The number of likely N-dealkylation sites (N-methyl/N-ethyl adjacent to an activating group) is 1. The van der Waals surface area contributed by atoms with Crippen LogP contribution >= 0.6 is 15.9 Å². The van der Waals surface area contributed by atoms with Crippen LogP contribution in [0.2, 0.25) is 0 Å². The van der Waals surface area contributed by atoms with Crippen molar-refractivity contribution in [3.8, 4) is 0 Å². The largest absolute Gasteiger partial charge is 0.333 e. The van der Waals surface area contributed by atoms with Gasteiger partial charge in [0.1, 0.15) is 0 Å². The quantitative estimate of drug-likeness (QED) is 0.927. The molecule has 0 atom stereocenters. The molecule has 1 aromatic carbocycles. The topological polar surface area (TPSA) is 32.3 Å². The van der Waals surface area contributed by atoms with Crippen LogP contribution in [0.5, 0.6) is 0 Å². The normalized spacial score (nSPS) is 15.5. The number of nitrogens with one attached hydrogen (secondary N) is 1. The summed E-state index contributed by atoms with van der Waals surface area (Å²) in [7, 11) is 0. The van der Waals surface area contributed by atoms with E-state index in [9.17, 15) is 4.79 Å². The zero-order valence-corrected chi connectivity index (χ0v) is 11.8. The molecule has 1 saturated heterocycles. The fourth-order valence-corrected chi connectivity index (χ4v) is 2.67. The lowest BCUT2D eigenvalue weighted by Gasteiger charge is -2.37. The van der Waals surface area contributed by atoms with E-state index in [0.29, 0.717) is 6.04 Å². The minimum absolute atomic E-state index is 0.117. The van der Waals surface area contributed by atoms with Crippen LogP contribution in [0, 0.1) is 6.92 Å². The zero-order chi connectivity index (χ0) is 12.4. The van der Waals surface area contributed by atoms with Gasteiger partial charge in [0.05, 0.1) is 11.6 Å². The summed E-state index contributed by atoms with van der Waals surface area (Å²) in [6.45, 7) is 6.61. The first-order chi connectivity index (χ1) is 8.13. The first-order valence-electron chi connectivity index (χ1n) is 5.91. The molecule has 1 aliphatic rings. The maximum atomic E-state index is 12.4. The van der Waals surface area contributed by atoms with Crippen LogP contribution in [-0.4, -0.2) is 36.5 Å². The third kappa shape index (κ3) is 2.53. The Labute approximate surface area is 110 Å². The molecule has 3 nitrogen and oxygen atoms in total. The van der Waals surface area contributed by atoms with Gasteiger partial charge in [0.25, 0.3) is 5.91 Å². The van der Waals surface area contributed by atoms with Gasteiger partial charge in [-0.1, -0.05) is 6.07 Å². The Bertz CT molecular complexity index is 429. The van der Waals surface area contributed by atoms with Crippen molar-refractivity contribution in [3.63, 3.8) is 0 Å². The van der Waals surface area contributed by atoms with Crippen molar-refractivity contribution in [2.24, 2.45) is 0 Å². The van der Waals surface area contributed by atoms with Gasteiger partial charge in [0, 0.05) is 24.1 Å². The molecule has 2 rings (SSSR count). The highest BCUT2D eigenvalue weighted by Crippen LogP contribution is 2.21. The molecule has 0 radical (unpaired) electrons. The number of amides is 1. The molecule has 1 heterocycles. The number of carbonyl (C=O) groups excluding carboxylic acids is 1. The molecule has 0 aliphatic carbocycles. The first-order valence-corrected chi connectivity index (χ1v) is 6.70. The number of hydrogen-bond donors (Lipinski definition) is 1. The second-order valence-corrected chi connectivity index (χ2v) is 5.24. The maximum absolute atomic E-state index is 12.4. The molecule has 1 aliphatic heterocycles. The monoisotopic (exact) mass is 296 g/mol. The van der Waals surface area contributed by atoms with Crippen molar-refractivity contribution < 1.29 is 4.79 Å². The van der Waals surface area contributed by atoms with Crippen molar-refractivity contribution in [3.05, 3.63) is 33.8 Å². The molecular formula is C13H17BrN2O. The van der Waals surface area contributed by atoms with Gasteiger partial charge in [-0.05, 0) is 47.5 Å². The Kier molecular flexibility index (Phi) is 3.84. The predicted octanol–water partition coefficient (Wildman–Crippen LogP) is 2.19. The van der Waals surface area contributed by atoms with Crippen LogP contribution in [0.1, 0.15) is 22.8 Å². The van der Waals surface area contributed by atoms with E-state index in [1.165, 1.54) is 0 Å². The molecular weight excluding hydrogens is 280 g/mol. The van der Waals surface area contributed by atoms with Gasteiger partial charge in [-0.15, -0.1) is 0 Å². The third-order valence-corrected chi connectivity index (χ3v) is 3.81. The van der Waals surface area contributed by atoms with Gasteiger partial charge in [0.15, 0.2) is 0 Å². The summed E-state index contributed by atoms with van der Waals surface area (Å²) in [5.74, 6) is 0.117. The van der Waals surface area contributed by atoms with Crippen LogP contribution in [0.3, 0.4) is 0 Å². The molecule has 17 heavy (non-hydrogen) atoms. The Hall–Kier alpha value is -0.870. The number of benzene rings is 1. The van der Waals surface area contributed by atoms with E-state index >= 15 is 0 Å². The highest BCUT2D eigenvalue weighted by molar-refractivity contribution is 9.10. The molecule has 0 spiro atoms. The van der Waals surface area contributed by atoms with Gasteiger partial charge < -0.3 is 10.2 Å². The van der Waals surface area contributed by atoms with Crippen molar-refractivity contribution in [1.82, 2.24) is 10.2 Å². The Morgan fingerprint density at radius 2 is 2.24 bits per heavy atom. The lowest BCUT2D eigenvalue weighted by Crippen LogP contribution is -2.58. The van der Waals surface area contributed by atoms with Crippen molar-refractivity contribution in [2.45, 2.75) is 19.9 Å². The van der Waals surface area contributed by atoms with E-state index in [-0.39, 0.29) is 5.91 Å². The summed E-state index contributed by atoms with van der Waals surface area (Å²) < 4.78 is 0.883. The fraction of sp³-hybridized carbons (Fsp3) is 0.462. The van der Waals surface area contributed by atoms with Crippen LogP contribution in [0.25, 0.3) is 0 Å². The maximum Gasteiger partial charge on any atom is 0.255 e. The van der Waals surface area contributed by atoms with Gasteiger partial charge >= 0.3 is 0 Å². The molecule has 0 saturated carbocycles. The second kappa shape index (κ2) is 5.19. The molecule has 0 aromatic heterocycles. The van der Waals surface area contributed by atoms with Gasteiger partial charge in [-0.3, -0.25) is 4.79 Å². The van der Waals surface area contributed by atoms with Crippen molar-refractivity contribution >= 4 is 21.8 Å². The van der Waals surface area contributed by atoms with Gasteiger partial charge in [0.2, 0.25) is 0 Å². The molecule has 1 fully saturated rings. The van der Waals surface area contributed by atoms with E-state index in [0.717, 1.165) is 35.2 Å². The van der Waals surface area contributed by atoms with Gasteiger partial charge in [-0.2, -0.15) is 0 Å². The summed E-state index contributed by atoms with van der Waals surface area (Å²) >= 11 is 3.47. The van der Waals surface area contributed by atoms with Gasteiger partial charge in [-0.25, -0.2) is 0 Å². The summed E-state index contributed by atoms with van der Waals surface area (Å²) in [4.78, 5) is 14.3. The molecule has 0 bridgehead atoms. The Balaban J connectivity index is 2.22. The Morgan fingerprint density at radius 3 is 2.71 bits per heavy atom. The van der Waals surface area contributed by atoms with E-state index in [2.05, 4.69) is 21.2 Å². The lowest BCUT2D eigenvalue weighted by molar-refractivity contribution is 0.0629. The molecule has 92 valence electrons. The summed E-state index contributed by atoms with van der Waals surface area (Å²) in [5.41, 5.74) is 1.91. The number of halogens is 1. The van der Waals surface area contributed by atoms with E-state index in [1.54, 1.807) is 0 Å². The average molecular weight is 297 g/mol. The third-order valence-electron chi connectivity index (χ3n) is 3.16. The molecule has 1 N–H and O–H groups in total. The molecule has 1 aromatic rings. The summed E-state index contributed by atoms with van der Waals surface area (Å²) in [6, 6.07) is 6.21. The number of hydrogen-bond acceptors (Lipinski definition) is 2. The molecule has 0 unspecified atom stereocenters. The van der Waals surface area contributed by atoms with E-state index < -0.39 is 0 Å². The minimum Gasteiger partial charge on any atom is -0.333 e. The minimum atomic E-state index is 0.117. The predicted molar refractivity (Wildman–Crippen MR) is 72.2 cm³/mol. The fourth-order valence-electron chi connectivity index (χ4n) is 2.01. The van der Waals surface area contributed by atoms with Crippen molar-refractivity contribution in [1.29, 1.82) is 0 Å². The highest BCUT2D eigenvalue weighted by Gasteiger charge is 2.28. The summed E-state index contributed by atoms with van der Waals surface area (Å²) in [5, 5.41) is 3.20. The van der Waals surface area contributed by atoms with Crippen LogP contribution in [0.15, 0.2) is 22.7 Å². The zero-order valence-electron chi connectivity index (χ0n) is 10.2. The van der Waals surface area contributed by atoms with E-state index in [4.69, 9.17) is 0 Å². The van der Waals surface area contributed by atoms with Crippen LogP contribution in [-0.2, 0) is 0 Å². The number of rotatable bonds is 3. The van der Waals surface area contributed by atoms with Crippen LogP contribution < -0.4 is 5.32 Å². The lowest BCUT2D eigenvalue weighted by atomic mass is 10.1. The van der Waals surface area contributed by atoms with Crippen molar-refractivity contribution in [2.75, 3.05) is 19.6 Å². The number of nitrogens with zero attached hydrogens (tertiary/aromatic N) is 1. The summed E-state index contributed by atoms with van der Waals surface area (Å²) in [6.07, 6.45) is 0. The molecule has 4 heteroatoms. The SMILES string of the molecule is CCN(C(=O)c1ccc(C)cc1Br)C1CNC1. The smallest absolute Gasteiger partial charge is 0.255 e. The second-order valence-electron chi connectivity index (χ2n) is 4.39. The highest BCUT2D eigenvalue weighted by atomic mass is 79.9. The molecule has 1 amide bonds. The Morgan fingerprint density at radius 1 is 1.53 bits per heavy atom. The average Bonchev–Trinajstić information content (AvgIpc) is 2.22. The van der Waals surface area contributed by atoms with Crippen LogP contribution in [0.4, 0.5) is 0 Å². The number of carbonyl (C=O) groups is 1. The van der Waals surface area contributed by atoms with E-state index in [1.807, 2.05) is 36.9 Å². The standard InChI is InChI=1S/C13H17BrN2O/c1-3-16(10-7-15-8-10)13(17)11-5-4-9(2)6-12(11)14/h4-6,10,15H,3,7-8H2,1-2H3. The first kappa shape index (κ1) is 12.6.